The molecule has 0 unspecified atom stereocenters. The molecule has 10 nitrogen and oxygen atoms in total. The number of furan rings is 2. The zero-order valence-electron chi connectivity index (χ0n) is 73.6. The maximum absolute atomic E-state index is 7.29. The van der Waals surface area contributed by atoms with Crippen LogP contribution >= 0.6 is 0 Å². The maximum Gasteiger partial charge on any atom is 0.164 e. The topological polar surface area (TPSA) is 113 Å². The Balaban J connectivity index is 0.000000145. The van der Waals surface area contributed by atoms with Gasteiger partial charge in [0.1, 0.15) is 11.2 Å². The summed E-state index contributed by atoms with van der Waals surface area (Å²) in [6, 6.07) is 170. The third-order valence-corrected chi connectivity index (χ3v) is 26.1. The first-order valence-electron chi connectivity index (χ1n) is 45.8. The van der Waals surface area contributed by atoms with Crippen molar-refractivity contribution in [2.75, 3.05) is 0 Å². The van der Waals surface area contributed by atoms with Gasteiger partial charge in [-0.15, -0.1) is 0 Å². The Kier molecular flexibility index (Phi) is 20.0. The molecule has 0 fully saturated rings. The van der Waals surface area contributed by atoms with Crippen molar-refractivity contribution >= 4 is 87.5 Å². The van der Waals surface area contributed by atoms with Crippen molar-refractivity contribution in [1.29, 1.82) is 0 Å². The van der Waals surface area contributed by atoms with E-state index >= 15 is 0 Å². The molecular weight excluding hydrogens is 1660 g/mol. The molecule has 26 aromatic rings. The molecule has 10 heteroatoms. The molecule has 0 saturated carbocycles. The van der Waals surface area contributed by atoms with Crippen molar-refractivity contribution < 1.29 is 8.83 Å². The van der Waals surface area contributed by atoms with E-state index in [9.17, 15) is 0 Å². The van der Waals surface area contributed by atoms with Crippen LogP contribution in [0.1, 0.15) is 0 Å². The molecule has 0 saturated heterocycles. The molecule has 6 aromatic heterocycles. The van der Waals surface area contributed by atoms with Gasteiger partial charge in [-0.25, -0.2) is 29.9 Å². The summed E-state index contributed by atoms with van der Waals surface area (Å²) in [7, 11) is 0. The van der Waals surface area contributed by atoms with Crippen LogP contribution in [0.4, 0.5) is 0 Å². The minimum absolute atomic E-state index is 0.566. The first kappa shape index (κ1) is 79.8. The summed E-state index contributed by atoms with van der Waals surface area (Å²) in [6.07, 6.45) is 0. The quantitative estimate of drug-likeness (QED) is 0.0940. The molecule has 0 spiro atoms. The molecule has 6 heterocycles. The van der Waals surface area contributed by atoms with Crippen LogP contribution in [-0.4, -0.2) is 39.0 Å². The molecule has 0 aliphatic rings. The predicted molar refractivity (Wildman–Crippen MR) is 559 cm³/mol. The van der Waals surface area contributed by atoms with Gasteiger partial charge in [-0.3, -0.25) is 0 Å². The van der Waals surface area contributed by atoms with Gasteiger partial charge in [0.2, 0.25) is 0 Å². The lowest BCUT2D eigenvalue weighted by atomic mass is 9.90. The summed E-state index contributed by atoms with van der Waals surface area (Å²) in [5.41, 5.74) is 32.5. The molecule has 0 aliphatic heterocycles. The van der Waals surface area contributed by atoms with Gasteiger partial charge in [0, 0.05) is 93.4 Å². The smallest absolute Gasteiger partial charge is 0.164 e. The lowest BCUT2D eigenvalue weighted by Gasteiger charge is -2.16. The van der Waals surface area contributed by atoms with Gasteiger partial charge in [0.15, 0.2) is 46.1 Å². The monoisotopic (exact) mass is 1740 g/mol. The van der Waals surface area contributed by atoms with Crippen LogP contribution in [0.25, 0.3) is 256 Å². The summed E-state index contributed by atoms with van der Waals surface area (Å²) in [5, 5.41) is 8.87. The average molecular weight is 1740 g/mol. The summed E-state index contributed by atoms with van der Waals surface area (Å²) < 4.78 is 19.0. The van der Waals surface area contributed by atoms with Crippen LogP contribution in [0.15, 0.2) is 494 Å². The largest absolute Gasteiger partial charge is 0.454 e. The van der Waals surface area contributed by atoms with Crippen molar-refractivity contribution in [2.45, 2.75) is 0 Å². The SMILES string of the molecule is c1ccc(-c2cc(-c3ccccc3)cc(-c3ccc(-c4ccc5c(c4)oc4c5ccc5c6ccccc6n(-c6ccccc6)c54)c(-c4nc(-c5ccccc5)nc(-c5ccccc5)n4)c3)c2)cc1.c1ccc(-c2cc(-c3ccccc3)cc(-c3ccc(-c4cccc5c4oc4c5ccc5c6ccccc6n(-c6ccccc6)c54)c(-c4nc(-c5ccccc5)nc(-c5ccccc5)n4)c3)c2)cc1. The van der Waals surface area contributed by atoms with Crippen LogP contribution < -0.4 is 0 Å². The third kappa shape index (κ3) is 14.6. The molecule has 636 valence electrons. The van der Waals surface area contributed by atoms with Gasteiger partial charge in [-0.1, -0.05) is 376 Å². The Bertz CT molecular complexity index is 8810. The Morgan fingerprint density at radius 1 is 0.147 bits per heavy atom. The van der Waals surface area contributed by atoms with Crippen molar-refractivity contribution in [1.82, 2.24) is 39.0 Å². The highest BCUT2D eigenvalue weighted by atomic mass is 16.3. The number of rotatable bonds is 16. The molecule has 26 rings (SSSR count). The number of hydrogen-bond acceptors (Lipinski definition) is 8. The molecule has 0 N–H and O–H groups in total. The fraction of sp³-hybridized carbons (Fsp3) is 0. The molecule has 20 aromatic carbocycles. The lowest BCUT2D eigenvalue weighted by Crippen LogP contribution is -2.01. The van der Waals surface area contributed by atoms with Gasteiger partial charge in [0.05, 0.1) is 22.1 Å². The summed E-state index contributed by atoms with van der Waals surface area (Å²) in [4.78, 5) is 31.4. The van der Waals surface area contributed by atoms with Crippen LogP contribution in [0.5, 0.6) is 0 Å². The minimum Gasteiger partial charge on any atom is -0.454 e. The summed E-state index contributed by atoms with van der Waals surface area (Å²) in [6.45, 7) is 0. The normalized spacial score (nSPS) is 11.5. The zero-order valence-corrected chi connectivity index (χ0v) is 73.6. The number of benzene rings is 20. The van der Waals surface area contributed by atoms with Crippen molar-refractivity contribution in [3.8, 4) is 169 Å². The van der Waals surface area contributed by atoms with Crippen LogP contribution in [0.2, 0.25) is 0 Å². The molecule has 0 atom stereocenters. The summed E-state index contributed by atoms with van der Waals surface area (Å²) in [5.74, 6) is 3.55. The van der Waals surface area contributed by atoms with E-state index in [2.05, 4.69) is 422 Å². The molecule has 0 amide bonds. The van der Waals surface area contributed by atoms with Crippen LogP contribution in [0, 0.1) is 0 Å². The number of hydrogen-bond donors (Lipinski definition) is 0. The number of para-hydroxylation sites is 5. The van der Waals surface area contributed by atoms with E-state index in [1.54, 1.807) is 0 Å². The number of nitrogens with zero attached hydrogens (tertiary/aromatic N) is 8. The first-order valence-corrected chi connectivity index (χ1v) is 45.8. The Morgan fingerprint density at radius 3 is 0.831 bits per heavy atom. The van der Waals surface area contributed by atoms with E-state index in [0.29, 0.717) is 34.9 Å². The first-order chi connectivity index (χ1) is 67.4. The fourth-order valence-corrected chi connectivity index (χ4v) is 19.6. The number of fused-ring (bicyclic) bond motifs is 14. The molecule has 0 radical (unpaired) electrons. The van der Waals surface area contributed by atoms with E-state index in [1.165, 1.54) is 10.8 Å². The van der Waals surface area contributed by atoms with Crippen LogP contribution in [-0.2, 0) is 0 Å². The Morgan fingerprint density at radius 2 is 0.434 bits per heavy atom. The second kappa shape index (κ2) is 34.2. The second-order valence-corrected chi connectivity index (χ2v) is 34.3. The molecular formula is C126H80N8O2. The van der Waals surface area contributed by atoms with Crippen molar-refractivity contribution in [3.05, 3.63) is 485 Å². The van der Waals surface area contributed by atoms with E-state index in [1.807, 2.05) is 72.8 Å². The molecule has 136 heavy (non-hydrogen) atoms. The summed E-state index contributed by atoms with van der Waals surface area (Å²) >= 11 is 0. The van der Waals surface area contributed by atoms with Gasteiger partial charge in [-0.2, -0.15) is 0 Å². The number of aromatic nitrogens is 8. The van der Waals surface area contributed by atoms with Gasteiger partial charge >= 0.3 is 0 Å². The highest BCUT2D eigenvalue weighted by Crippen LogP contribution is 2.49. The minimum atomic E-state index is 0.566. The average Bonchev–Trinajstić information content (AvgIpc) is 1.55. The molecule has 0 aliphatic carbocycles. The second-order valence-electron chi connectivity index (χ2n) is 34.3. The Labute approximate surface area is 784 Å². The van der Waals surface area contributed by atoms with Crippen LogP contribution in [0.3, 0.4) is 0 Å². The zero-order chi connectivity index (χ0) is 89.9. The standard InChI is InChI=1S/2C63H40N4O/c1-6-19-41(20-7-1)46-37-47(42-21-8-2-9-22-42)39-48(38-46)45-33-34-50(56(40-45)63-65-61(43-23-10-3-11-24-43)64-62(66-63)44-25-12-4-13-26-44)53-30-18-31-54-55-36-35-52-51-29-16-17-32-57(51)67(49-27-14-5-15-28-49)58(52)60(55)68-59(53)54;1-6-18-41(19-7-1)47-36-48(42-20-8-2-9-21-42)38-49(37-47)45-30-32-51(56(39-45)63-65-61(43-22-10-3-11-23-43)64-62(66-63)44-24-12-4-13-25-44)46-31-33-53-55-35-34-54-52-28-16-17-29-57(52)67(50-26-14-5-15-27-50)59(54)60(55)68-58(53)40-46/h2*1-40H. The fourth-order valence-electron chi connectivity index (χ4n) is 19.6. The van der Waals surface area contributed by atoms with Crippen molar-refractivity contribution in [2.24, 2.45) is 0 Å². The van der Waals surface area contributed by atoms with Crippen molar-refractivity contribution in [3.63, 3.8) is 0 Å². The van der Waals surface area contributed by atoms with E-state index in [-0.39, 0.29) is 0 Å². The van der Waals surface area contributed by atoms with Gasteiger partial charge < -0.3 is 18.0 Å². The van der Waals surface area contributed by atoms with E-state index in [0.717, 1.165) is 210 Å². The highest BCUT2D eigenvalue weighted by Gasteiger charge is 2.27. The lowest BCUT2D eigenvalue weighted by molar-refractivity contribution is 0.671. The highest BCUT2D eigenvalue weighted by molar-refractivity contribution is 6.24. The van der Waals surface area contributed by atoms with E-state index < -0.39 is 0 Å². The third-order valence-electron chi connectivity index (χ3n) is 26.1. The van der Waals surface area contributed by atoms with E-state index in [4.69, 9.17) is 38.7 Å². The van der Waals surface area contributed by atoms with Gasteiger partial charge in [0.25, 0.3) is 0 Å². The predicted octanol–water partition coefficient (Wildman–Crippen LogP) is 33.1. The Hall–Kier alpha value is -18.4. The van der Waals surface area contributed by atoms with Gasteiger partial charge in [-0.05, 0) is 193 Å². The molecule has 0 bridgehead atoms. The maximum atomic E-state index is 7.29.